The highest BCUT2D eigenvalue weighted by Gasteiger charge is 2.23. The number of aliphatic carboxylic acids is 1. The molecule has 8 nitrogen and oxygen atoms in total. The van der Waals surface area contributed by atoms with E-state index < -0.39 is 22.1 Å². The van der Waals surface area contributed by atoms with Gasteiger partial charge >= 0.3 is 5.97 Å². The number of H-pyrrole nitrogens is 1. The molecule has 3 N–H and O–H groups in total. The Morgan fingerprint density at radius 3 is 2.58 bits per heavy atom. The second-order valence-electron chi connectivity index (χ2n) is 4.07. The molecule has 19 heavy (non-hydrogen) atoms. The van der Waals surface area contributed by atoms with Crippen LogP contribution in [0.5, 0.6) is 0 Å². The predicted molar refractivity (Wildman–Crippen MR) is 66.3 cm³/mol. The predicted octanol–water partition coefficient (Wildman–Crippen LogP) is -0.205. The number of sulfonamides is 1. The number of ether oxygens (including phenoxy) is 1. The maximum Gasteiger partial charge on any atom is 0.306 e. The van der Waals surface area contributed by atoms with Gasteiger partial charge in [-0.15, -0.1) is 0 Å². The van der Waals surface area contributed by atoms with E-state index in [9.17, 15) is 13.2 Å². The first-order valence-corrected chi connectivity index (χ1v) is 7.02. The number of aromatic nitrogens is 2. The summed E-state index contributed by atoms with van der Waals surface area (Å²) in [4.78, 5) is 10.6. The van der Waals surface area contributed by atoms with Crippen molar-refractivity contribution in [3.8, 4) is 0 Å². The van der Waals surface area contributed by atoms with Crippen molar-refractivity contribution >= 4 is 16.0 Å². The molecule has 0 saturated carbocycles. The van der Waals surface area contributed by atoms with Crippen molar-refractivity contribution in [3.05, 3.63) is 11.4 Å². The first-order chi connectivity index (χ1) is 8.77. The van der Waals surface area contributed by atoms with Gasteiger partial charge in [0.2, 0.25) is 10.0 Å². The topological polar surface area (TPSA) is 121 Å². The maximum atomic E-state index is 12.1. The SMILES string of the molecule is COC(CNS(=O)(=O)c1c(C)n[nH]c1C)CC(=O)O. The summed E-state index contributed by atoms with van der Waals surface area (Å²) in [7, 11) is -2.41. The Morgan fingerprint density at radius 2 is 2.16 bits per heavy atom. The lowest BCUT2D eigenvalue weighted by Crippen LogP contribution is -2.34. The number of carboxylic acid groups (broad SMARTS) is 1. The van der Waals surface area contributed by atoms with Crippen molar-refractivity contribution in [1.82, 2.24) is 14.9 Å². The zero-order valence-electron chi connectivity index (χ0n) is 10.9. The molecular formula is C10H17N3O5S. The number of aryl methyl sites for hydroxylation is 2. The third kappa shape index (κ3) is 4.01. The average molecular weight is 291 g/mol. The molecule has 9 heteroatoms. The number of aromatic amines is 1. The van der Waals surface area contributed by atoms with Crippen molar-refractivity contribution in [2.75, 3.05) is 13.7 Å². The summed E-state index contributed by atoms with van der Waals surface area (Å²) in [5.74, 6) is -1.05. The standard InChI is InChI=1S/C10H17N3O5S/c1-6-10(7(2)13-12-6)19(16,17)11-5-8(18-3)4-9(14)15/h8,11H,4-5H2,1-3H3,(H,12,13)(H,14,15). The summed E-state index contributed by atoms with van der Waals surface area (Å²) in [6.45, 7) is 3.05. The van der Waals surface area contributed by atoms with Gasteiger partial charge in [0.15, 0.2) is 0 Å². The van der Waals surface area contributed by atoms with Crippen LogP contribution in [0.1, 0.15) is 17.8 Å². The minimum Gasteiger partial charge on any atom is -0.481 e. The molecule has 1 aromatic rings. The van der Waals surface area contributed by atoms with Crippen molar-refractivity contribution in [3.63, 3.8) is 0 Å². The van der Waals surface area contributed by atoms with E-state index in [1.54, 1.807) is 13.8 Å². The fraction of sp³-hybridized carbons (Fsp3) is 0.600. The second kappa shape index (κ2) is 6.13. The van der Waals surface area contributed by atoms with Crippen LogP contribution in [-0.2, 0) is 19.6 Å². The van der Waals surface area contributed by atoms with Crippen LogP contribution >= 0.6 is 0 Å². The number of carbonyl (C=O) groups is 1. The third-order valence-electron chi connectivity index (χ3n) is 2.57. The van der Waals surface area contributed by atoms with Gasteiger partial charge < -0.3 is 9.84 Å². The Kier molecular flexibility index (Phi) is 5.04. The van der Waals surface area contributed by atoms with E-state index >= 15 is 0 Å². The van der Waals surface area contributed by atoms with Crippen LogP contribution < -0.4 is 4.72 Å². The number of methoxy groups -OCH3 is 1. The van der Waals surface area contributed by atoms with Crippen LogP contribution in [0.25, 0.3) is 0 Å². The van der Waals surface area contributed by atoms with Gasteiger partial charge in [0, 0.05) is 13.7 Å². The third-order valence-corrected chi connectivity index (χ3v) is 4.25. The van der Waals surface area contributed by atoms with E-state index in [4.69, 9.17) is 9.84 Å². The average Bonchev–Trinajstić information content (AvgIpc) is 2.64. The number of nitrogens with zero attached hydrogens (tertiary/aromatic N) is 1. The second-order valence-corrected chi connectivity index (χ2v) is 5.77. The Labute approximate surface area is 111 Å². The van der Waals surface area contributed by atoms with Gasteiger partial charge in [-0.3, -0.25) is 9.89 Å². The largest absolute Gasteiger partial charge is 0.481 e. The molecule has 0 bridgehead atoms. The van der Waals surface area contributed by atoms with E-state index in [1.807, 2.05) is 0 Å². The van der Waals surface area contributed by atoms with Crippen molar-refractivity contribution in [1.29, 1.82) is 0 Å². The number of rotatable bonds is 7. The highest BCUT2D eigenvalue weighted by molar-refractivity contribution is 7.89. The monoisotopic (exact) mass is 291 g/mol. The van der Waals surface area contributed by atoms with Crippen LogP contribution in [0.15, 0.2) is 4.90 Å². The molecule has 0 aromatic carbocycles. The van der Waals surface area contributed by atoms with Gasteiger partial charge in [-0.05, 0) is 13.8 Å². The summed E-state index contributed by atoms with van der Waals surface area (Å²) < 4.78 is 31.4. The maximum absolute atomic E-state index is 12.1. The summed E-state index contributed by atoms with van der Waals surface area (Å²) >= 11 is 0. The number of carboxylic acids is 1. The molecule has 0 saturated heterocycles. The van der Waals surface area contributed by atoms with E-state index in [-0.39, 0.29) is 17.9 Å². The quantitative estimate of drug-likeness (QED) is 0.639. The Morgan fingerprint density at radius 1 is 1.53 bits per heavy atom. The van der Waals surface area contributed by atoms with Gasteiger partial charge in [0.1, 0.15) is 4.90 Å². The first kappa shape index (κ1) is 15.6. The van der Waals surface area contributed by atoms with Gasteiger partial charge in [-0.1, -0.05) is 0 Å². The Bertz CT molecular complexity index is 532. The summed E-state index contributed by atoms with van der Waals surface area (Å²) in [6.07, 6.45) is -0.998. The number of nitrogens with one attached hydrogen (secondary N) is 2. The van der Waals surface area contributed by atoms with Crippen molar-refractivity contribution in [2.24, 2.45) is 0 Å². The Balaban J connectivity index is 2.78. The summed E-state index contributed by atoms with van der Waals surface area (Å²) in [5, 5.41) is 15.0. The van der Waals surface area contributed by atoms with E-state index in [1.165, 1.54) is 7.11 Å². The summed E-state index contributed by atoms with van der Waals surface area (Å²) in [6, 6.07) is 0. The summed E-state index contributed by atoms with van der Waals surface area (Å²) in [5.41, 5.74) is 0.786. The molecular weight excluding hydrogens is 274 g/mol. The molecule has 0 aliphatic heterocycles. The molecule has 0 fully saturated rings. The minimum absolute atomic E-state index is 0.0812. The molecule has 1 rings (SSSR count). The van der Waals surface area contributed by atoms with Gasteiger partial charge in [-0.25, -0.2) is 13.1 Å². The highest BCUT2D eigenvalue weighted by atomic mass is 32.2. The molecule has 108 valence electrons. The lowest BCUT2D eigenvalue weighted by Gasteiger charge is -2.14. The van der Waals surface area contributed by atoms with Gasteiger partial charge in [-0.2, -0.15) is 5.10 Å². The highest BCUT2D eigenvalue weighted by Crippen LogP contribution is 2.16. The van der Waals surface area contributed by atoms with E-state index in [0.717, 1.165) is 0 Å². The number of hydrogen-bond acceptors (Lipinski definition) is 5. The first-order valence-electron chi connectivity index (χ1n) is 5.53. The zero-order chi connectivity index (χ0) is 14.6. The van der Waals surface area contributed by atoms with Crippen LogP contribution in [-0.4, -0.2) is 49.4 Å². The van der Waals surface area contributed by atoms with Crippen molar-refractivity contribution < 1.29 is 23.1 Å². The van der Waals surface area contributed by atoms with Crippen LogP contribution in [0.4, 0.5) is 0 Å². The molecule has 1 unspecified atom stereocenters. The fourth-order valence-corrected chi connectivity index (χ4v) is 3.08. The smallest absolute Gasteiger partial charge is 0.306 e. The minimum atomic E-state index is -3.74. The molecule has 0 amide bonds. The molecule has 1 heterocycles. The lowest BCUT2D eigenvalue weighted by molar-refractivity contribution is -0.139. The van der Waals surface area contributed by atoms with E-state index in [2.05, 4.69) is 14.9 Å². The van der Waals surface area contributed by atoms with Crippen LogP contribution in [0.2, 0.25) is 0 Å². The van der Waals surface area contributed by atoms with Crippen molar-refractivity contribution in [2.45, 2.75) is 31.3 Å². The fourth-order valence-electron chi connectivity index (χ4n) is 1.65. The Hall–Kier alpha value is -1.45. The molecule has 0 aliphatic carbocycles. The molecule has 0 spiro atoms. The lowest BCUT2D eigenvalue weighted by atomic mass is 10.2. The zero-order valence-corrected chi connectivity index (χ0v) is 11.7. The number of hydrogen-bond donors (Lipinski definition) is 3. The van der Waals surface area contributed by atoms with Crippen LogP contribution in [0.3, 0.4) is 0 Å². The molecule has 0 aliphatic rings. The molecule has 1 atom stereocenters. The van der Waals surface area contributed by atoms with Gasteiger partial charge in [0.25, 0.3) is 0 Å². The van der Waals surface area contributed by atoms with Crippen LogP contribution in [0, 0.1) is 13.8 Å². The van der Waals surface area contributed by atoms with E-state index in [0.29, 0.717) is 11.4 Å². The molecule has 0 radical (unpaired) electrons. The molecule has 1 aromatic heterocycles. The van der Waals surface area contributed by atoms with Gasteiger partial charge in [0.05, 0.1) is 23.9 Å². The normalized spacial score (nSPS) is 13.4.